The van der Waals surface area contributed by atoms with E-state index >= 15 is 0 Å². The van der Waals surface area contributed by atoms with Crippen molar-refractivity contribution in [2.75, 3.05) is 5.32 Å². The molecule has 0 bridgehead atoms. The summed E-state index contributed by atoms with van der Waals surface area (Å²) in [6, 6.07) is 7.15. The molecule has 2 N–H and O–H groups in total. The zero-order chi connectivity index (χ0) is 20.6. The van der Waals surface area contributed by atoms with Gasteiger partial charge in [-0.05, 0) is 18.6 Å². The molecule has 7 heteroatoms. The molecule has 1 amide bonds. The molecule has 3 rings (SSSR count). The topological polar surface area (TPSA) is 84.2 Å². The lowest BCUT2D eigenvalue weighted by molar-refractivity contribution is 0.102. The standard InChI is InChI=1S/C22H27N3O3S/c1-2-3-4-5-6-7-10-14-25-17-12-9-8-11-16(17)19(26)18(21(25)28)20(27)24-22-23-13-15-29-22/h8-9,11-13,15,26H,2-7,10,14H2,1H3,(H,23,24,27). The molecule has 0 atom stereocenters. The zero-order valence-corrected chi connectivity index (χ0v) is 17.5. The van der Waals surface area contributed by atoms with Gasteiger partial charge in [0.1, 0.15) is 11.3 Å². The van der Waals surface area contributed by atoms with E-state index in [1.165, 1.54) is 37.0 Å². The first-order chi connectivity index (χ1) is 14.1. The van der Waals surface area contributed by atoms with Crippen LogP contribution in [0.2, 0.25) is 0 Å². The number of pyridine rings is 1. The third kappa shape index (κ3) is 5.03. The van der Waals surface area contributed by atoms with Crippen molar-refractivity contribution in [1.82, 2.24) is 9.55 Å². The fraction of sp³-hybridized carbons (Fsp3) is 0.409. The Balaban J connectivity index is 1.84. The summed E-state index contributed by atoms with van der Waals surface area (Å²) >= 11 is 1.26. The van der Waals surface area contributed by atoms with E-state index in [0.29, 0.717) is 22.6 Å². The fourth-order valence-corrected chi connectivity index (χ4v) is 4.01. The molecule has 3 aromatic rings. The summed E-state index contributed by atoms with van der Waals surface area (Å²) in [5, 5.41) is 15.9. The van der Waals surface area contributed by atoms with E-state index in [9.17, 15) is 14.7 Å². The first-order valence-corrected chi connectivity index (χ1v) is 11.1. The Kier molecular flexibility index (Phi) is 7.41. The number of nitrogens with zero attached hydrogens (tertiary/aromatic N) is 2. The van der Waals surface area contributed by atoms with Crippen LogP contribution in [-0.2, 0) is 6.54 Å². The number of thiazole rings is 1. The highest BCUT2D eigenvalue weighted by molar-refractivity contribution is 7.13. The Bertz CT molecular complexity index is 1010. The maximum Gasteiger partial charge on any atom is 0.267 e. The highest BCUT2D eigenvalue weighted by Gasteiger charge is 2.22. The largest absolute Gasteiger partial charge is 0.506 e. The van der Waals surface area contributed by atoms with Crippen molar-refractivity contribution in [3.63, 3.8) is 0 Å². The minimum absolute atomic E-state index is 0.234. The van der Waals surface area contributed by atoms with E-state index in [-0.39, 0.29) is 11.3 Å². The number of carbonyl (C=O) groups excluding carboxylic acids is 1. The van der Waals surface area contributed by atoms with Gasteiger partial charge in [0, 0.05) is 23.5 Å². The van der Waals surface area contributed by atoms with Gasteiger partial charge in [-0.25, -0.2) is 4.98 Å². The summed E-state index contributed by atoms with van der Waals surface area (Å²) < 4.78 is 1.61. The second-order valence-corrected chi connectivity index (χ2v) is 8.00. The molecule has 154 valence electrons. The second-order valence-electron chi connectivity index (χ2n) is 7.11. The minimum Gasteiger partial charge on any atom is -0.506 e. The van der Waals surface area contributed by atoms with Gasteiger partial charge in [0.05, 0.1) is 5.52 Å². The van der Waals surface area contributed by atoms with Crippen LogP contribution >= 0.6 is 11.3 Å². The van der Waals surface area contributed by atoms with Gasteiger partial charge in [-0.15, -0.1) is 11.3 Å². The van der Waals surface area contributed by atoms with E-state index in [4.69, 9.17) is 0 Å². The number of nitrogens with one attached hydrogen (secondary N) is 1. The van der Waals surface area contributed by atoms with Crippen molar-refractivity contribution in [3.05, 3.63) is 51.8 Å². The van der Waals surface area contributed by atoms with Crippen molar-refractivity contribution in [2.24, 2.45) is 0 Å². The number of benzene rings is 1. The SMILES string of the molecule is CCCCCCCCCn1c(=O)c(C(=O)Nc2nccs2)c(O)c2ccccc21. The number of para-hydroxylation sites is 1. The van der Waals surface area contributed by atoms with Crippen LogP contribution in [0.3, 0.4) is 0 Å². The van der Waals surface area contributed by atoms with Gasteiger partial charge >= 0.3 is 0 Å². The number of fused-ring (bicyclic) bond motifs is 1. The molecule has 29 heavy (non-hydrogen) atoms. The highest BCUT2D eigenvalue weighted by Crippen LogP contribution is 2.27. The monoisotopic (exact) mass is 413 g/mol. The predicted molar refractivity (Wildman–Crippen MR) is 118 cm³/mol. The number of hydrogen-bond donors (Lipinski definition) is 2. The number of hydrogen-bond acceptors (Lipinski definition) is 5. The molecule has 0 aliphatic carbocycles. The van der Waals surface area contributed by atoms with Crippen LogP contribution < -0.4 is 10.9 Å². The van der Waals surface area contributed by atoms with E-state index in [1.807, 2.05) is 6.07 Å². The second kappa shape index (κ2) is 10.2. The van der Waals surface area contributed by atoms with Crippen molar-refractivity contribution < 1.29 is 9.90 Å². The Morgan fingerprint density at radius 3 is 2.59 bits per heavy atom. The molecule has 0 fully saturated rings. The Morgan fingerprint density at radius 1 is 1.14 bits per heavy atom. The number of rotatable bonds is 10. The molecule has 0 aliphatic rings. The van der Waals surface area contributed by atoms with Gasteiger partial charge in [0.2, 0.25) is 0 Å². The van der Waals surface area contributed by atoms with E-state index in [0.717, 1.165) is 19.3 Å². The van der Waals surface area contributed by atoms with Crippen molar-refractivity contribution >= 4 is 33.3 Å². The third-order valence-corrected chi connectivity index (χ3v) is 5.70. The molecule has 0 aliphatic heterocycles. The smallest absolute Gasteiger partial charge is 0.267 e. The number of anilines is 1. The predicted octanol–water partition coefficient (Wildman–Crippen LogP) is 5.17. The third-order valence-electron chi connectivity index (χ3n) is 5.01. The van der Waals surface area contributed by atoms with Crippen LogP contribution in [-0.4, -0.2) is 20.6 Å². The maximum absolute atomic E-state index is 13.1. The molecule has 0 spiro atoms. The molecule has 0 radical (unpaired) electrons. The van der Waals surface area contributed by atoms with Crippen molar-refractivity contribution in [2.45, 2.75) is 58.4 Å². The lowest BCUT2D eigenvalue weighted by Crippen LogP contribution is -2.30. The molecule has 0 unspecified atom stereocenters. The van der Waals surface area contributed by atoms with Crippen LogP contribution in [0.5, 0.6) is 5.75 Å². The van der Waals surface area contributed by atoms with Crippen LogP contribution in [0.15, 0.2) is 40.6 Å². The van der Waals surface area contributed by atoms with Gasteiger partial charge in [-0.3, -0.25) is 14.9 Å². The maximum atomic E-state index is 13.1. The summed E-state index contributed by atoms with van der Waals surface area (Å²) in [5.41, 5.74) is -0.0603. The number of carbonyl (C=O) groups is 1. The summed E-state index contributed by atoms with van der Waals surface area (Å²) in [5.74, 6) is -0.919. The Morgan fingerprint density at radius 2 is 1.86 bits per heavy atom. The van der Waals surface area contributed by atoms with E-state index in [2.05, 4.69) is 17.2 Å². The van der Waals surface area contributed by atoms with Crippen molar-refractivity contribution in [1.29, 1.82) is 0 Å². The van der Waals surface area contributed by atoms with Gasteiger partial charge < -0.3 is 9.67 Å². The normalized spacial score (nSPS) is 11.1. The minimum atomic E-state index is -0.637. The fourth-order valence-electron chi connectivity index (χ4n) is 3.49. The molecule has 0 saturated heterocycles. The first kappa shape index (κ1) is 21.0. The lowest BCUT2D eigenvalue weighted by atomic mass is 10.1. The summed E-state index contributed by atoms with van der Waals surface area (Å²) in [4.78, 5) is 29.8. The molecular weight excluding hydrogens is 386 g/mol. The quantitative estimate of drug-likeness (QED) is 0.449. The lowest BCUT2D eigenvalue weighted by Gasteiger charge is -2.14. The Hall–Kier alpha value is -2.67. The van der Waals surface area contributed by atoms with Crippen LogP contribution in [0, 0.1) is 0 Å². The zero-order valence-electron chi connectivity index (χ0n) is 16.7. The highest BCUT2D eigenvalue weighted by atomic mass is 32.1. The van der Waals surface area contributed by atoms with Crippen LogP contribution in [0.4, 0.5) is 5.13 Å². The van der Waals surface area contributed by atoms with Gasteiger partial charge in [-0.1, -0.05) is 57.6 Å². The average molecular weight is 414 g/mol. The Labute approximate surface area is 174 Å². The average Bonchev–Trinajstić information content (AvgIpc) is 3.22. The molecular formula is C22H27N3O3S. The summed E-state index contributed by atoms with van der Waals surface area (Å²) in [7, 11) is 0. The molecule has 6 nitrogen and oxygen atoms in total. The number of amides is 1. The summed E-state index contributed by atoms with van der Waals surface area (Å²) in [6.07, 6.45) is 9.54. The van der Waals surface area contributed by atoms with Crippen molar-refractivity contribution in [3.8, 4) is 5.75 Å². The van der Waals surface area contributed by atoms with Gasteiger partial charge in [0.15, 0.2) is 5.13 Å². The number of unbranched alkanes of at least 4 members (excludes halogenated alkanes) is 6. The molecule has 2 aromatic heterocycles. The number of aryl methyl sites for hydroxylation is 1. The van der Waals surface area contributed by atoms with Crippen LogP contribution in [0.1, 0.15) is 62.2 Å². The molecule has 0 saturated carbocycles. The van der Waals surface area contributed by atoms with E-state index < -0.39 is 11.5 Å². The summed E-state index contributed by atoms with van der Waals surface area (Å²) in [6.45, 7) is 2.72. The van der Waals surface area contributed by atoms with Gasteiger partial charge in [-0.2, -0.15) is 0 Å². The number of aromatic nitrogens is 2. The molecule has 2 heterocycles. The molecule has 1 aromatic carbocycles. The first-order valence-electron chi connectivity index (χ1n) is 10.2. The number of aromatic hydroxyl groups is 1. The van der Waals surface area contributed by atoms with Crippen LogP contribution in [0.25, 0.3) is 10.9 Å². The van der Waals surface area contributed by atoms with Gasteiger partial charge in [0.25, 0.3) is 11.5 Å². The van der Waals surface area contributed by atoms with E-state index in [1.54, 1.807) is 34.3 Å².